The highest BCUT2D eigenvalue weighted by atomic mass is 16.5. The summed E-state index contributed by atoms with van der Waals surface area (Å²) in [7, 11) is 0. The van der Waals surface area contributed by atoms with E-state index in [1.807, 2.05) is 43.3 Å². The number of para-hydroxylation sites is 2. The van der Waals surface area contributed by atoms with Gasteiger partial charge in [-0.3, -0.25) is 4.79 Å². The molecule has 0 unspecified atom stereocenters. The fourth-order valence-corrected chi connectivity index (χ4v) is 1.72. The van der Waals surface area contributed by atoms with Crippen LogP contribution in [-0.2, 0) is 4.79 Å². The van der Waals surface area contributed by atoms with Gasteiger partial charge in [0.2, 0.25) is 5.91 Å². The first kappa shape index (κ1) is 13.9. The number of carbonyl (C=O) groups excluding carboxylic acids is 1. The van der Waals surface area contributed by atoms with Crippen molar-refractivity contribution in [1.29, 1.82) is 0 Å². The molecule has 2 rings (SSSR count). The van der Waals surface area contributed by atoms with Crippen molar-refractivity contribution in [3.05, 3.63) is 54.1 Å². The van der Waals surface area contributed by atoms with Gasteiger partial charge in [0.15, 0.2) is 0 Å². The van der Waals surface area contributed by atoms with E-state index in [1.165, 1.54) is 5.56 Å². The van der Waals surface area contributed by atoms with Crippen molar-refractivity contribution >= 4 is 17.3 Å². The summed E-state index contributed by atoms with van der Waals surface area (Å²) in [5.41, 5.74) is 8.12. The van der Waals surface area contributed by atoms with Crippen LogP contribution in [0.1, 0.15) is 12.0 Å². The quantitative estimate of drug-likeness (QED) is 0.821. The minimum Gasteiger partial charge on any atom is -0.493 e. The Labute approximate surface area is 118 Å². The summed E-state index contributed by atoms with van der Waals surface area (Å²) in [6, 6.07) is 14.9. The number of rotatable bonds is 5. The van der Waals surface area contributed by atoms with Gasteiger partial charge >= 0.3 is 0 Å². The number of hydrogen-bond donors (Lipinski definition) is 2. The number of carbonyl (C=O) groups is 1. The van der Waals surface area contributed by atoms with Crippen LogP contribution in [0.4, 0.5) is 11.4 Å². The van der Waals surface area contributed by atoms with E-state index in [0.717, 1.165) is 5.75 Å². The maximum absolute atomic E-state index is 11.8. The Hall–Kier alpha value is -2.49. The Balaban J connectivity index is 1.78. The highest BCUT2D eigenvalue weighted by Gasteiger charge is 2.05. The third-order valence-corrected chi connectivity index (χ3v) is 2.85. The lowest BCUT2D eigenvalue weighted by Crippen LogP contribution is -2.16. The molecule has 3 N–H and O–H groups in total. The zero-order valence-electron chi connectivity index (χ0n) is 11.4. The molecule has 0 aliphatic heterocycles. The number of nitrogens with two attached hydrogens (primary N) is 1. The molecule has 0 saturated carbocycles. The molecule has 0 bridgehead atoms. The molecule has 0 heterocycles. The number of anilines is 2. The second-order valence-electron chi connectivity index (χ2n) is 4.55. The molecule has 2 aromatic carbocycles. The van der Waals surface area contributed by atoms with Crippen LogP contribution in [0.2, 0.25) is 0 Å². The molecule has 0 aromatic heterocycles. The summed E-state index contributed by atoms with van der Waals surface area (Å²) >= 11 is 0. The molecule has 1 amide bonds. The van der Waals surface area contributed by atoms with Gasteiger partial charge in [-0.25, -0.2) is 0 Å². The summed E-state index contributed by atoms with van der Waals surface area (Å²) in [6.07, 6.45) is 0.280. The topological polar surface area (TPSA) is 64.3 Å². The lowest BCUT2D eigenvalue weighted by Gasteiger charge is -2.09. The Bertz CT molecular complexity index is 579. The molecule has 0 radical (unpaired) electrons. The average Bonchev–Trinajstić information content (AvgIpc) is 2.44. The highest BCUT2D eigenvalue weighted by molar-refractivity contribution is 5.93. The number of nitrogens with one attached hydrogen (secondary N) is 1. The average molecular weight is 270 g/mol. The standard InChI is InChI=1S/C16H18N2O2/c1-12-6-8-13(9-7-12)20-11-10-16(19)18-15-5-3-2-4-14(15)17/h2-9H,10-11,17H2,1H3,(H,18,19). The van der Waals surface area contributed by atoms with Gasteiger partial charge in [0.05, 0.1) is 24.4 Å². The molecule has 0 saturated heterocycles. The highest BCUT2D eigenvalue weighted by Crippen LogP contribution is 2.17. The SMILES string of the molecule is Cc1ccc(OCCC(=O)Nc2ccccc2N)cc1. The van der Waals surface area contributed by atoms with Gasteiger partial charge in [-0.15, -0.1) is 0 Å². The largest absolute Gasteiger partial charge is 0.493 e. The zero-order valence-corrected chi connectivity index (χ0v) is 11.4. The summed E-state index contributed by atoms with van der Waals surface area (Å²) in [4.78, 5) is 11.8. The number of nitrogen functional groups attached to an aromatic ring is 1. The number of hydrogen-bond acceptors (Lipinski definition) is 3. The molecule has 4 heteroatoms. The van der Waals surface area contributed by atoms with Crippen molar-refractivity contribution in [2.45, 2.75) is 13.3 Å². The fraction of sp³-hybridized carbons (Fsp3) is 0.188. The first-order valence-electron chi connectivity index (χ1n) is 6.49. The summed E-state index contributed by atoms with van der Waals surface area (Å²) in [5, 5.41) is 2.76. The van der Waals surface area contributed by atoms with E-state index in [0.29, 0.717) is 18.0 Å². The lowest BCUT2D eigenvalue weighted by molar-refractivity contribution is -0.116. The van der Waals surface area contributed by atoms with E-state index in [-0.39, 0.29) is 12.3 Å². The van der Waals surface area contributed by atoms with Crippen LogP contribution in [0.5, 0.6) is 5.75 Å². The van der Waals surface area contributed by atoms with Crippen molar-refractivity contribution in [2.24, 2.45) is 0 Å². The number of aryl methyl sites for hydroxylation is 1. The molecular formula is C16H18N2O2. The summed E-state index contributed by atoms with van der Waals surface area (Å²) < 4.78 is 5.51. The third kappa shape index (κ3) is 4.02. The Morgan fingerprint density at radius 1 is 1.15 bits per heavy atom. The smallest absolute Gasteiger partial charge is 0.227 e. The van der Waals surface area contributed by atoms with Crippen LogP contribution in [0.15, 0.2) is 48.5 Å². The first-order valence-corrected chi connectivity index (χ1v) is 6.49. The van der Waals surface area contributed by atoms with Crippen LogP contribution in [0, 0.1) is 6.92 Å². The van der Waals surface area contributed by atoms with E-state index < -0.39 is 0 Å². The van der Waals surface area contributed by atoms with Crippen molar-refractivity contribution in [1.82, 2.24) is 0 Å². The molecule has 104 valence electrons. The molecular weight excluding hydrogens is 252 g/mol. The van der Waals surface area contributed by atoms with Gasteiger partial charge in [-0.05, 0) is 31.2 Å². The normalized spacial score (nSPS) is 10.1. The van der Waals surface area contributed by atoms with Crippen LogP contribution in [0.3, 0.4) is 0 Å². The molecule has 0 spiro atoms. The van der Waals surface area contributed by atoms with E-state index in [2.05, 4.69) is 5.32 Å². The molecule has 2 aromatic rings. The number of benzene rings is 2. The molecule has 20 heavy (non-hydrogen) atoms. The van der Waals surface area contributed by atoms with Crippen LogP contribution >= 0.6 is 0 Å². The van der Waals surface area contributed by atoms with Gasteiger partial charge in [-0.1, -0.05) is 29.8 Å². The van der Waals surface area contributed by atoms with Crippen molar-refractivity contribution < 1.29 is 9.53 Å². The molecule has 0 aliphatic carbocycles. The Morgan fingerprint density at radius 3 is 2.55 bits per heavy atom. The third-order valence-electron chi connectivity index (χ3n) is 2.85. The van der Waals surface area contributed by atoms with E-state index in [9.17, 15) is 4.79 Å². The van der Waals surface area contributed by atoms with Crippen molar-refractivity contribution in [2.75, 3.05) is 17.7 Å². The second kappa shape index (κ2) is 6.61. The predicted octanol–water partition coefficient (Wildman–Crippen LogP) is 2.98. The van der Waals surface area contributed by atoms with Gasteiger partial charge in [0, 0.05) is 0 Å². The van der Waals surface area contributed by atoms with E-state index in [1.54, 1.807) is 12.1 Å². The fourth-order valence-electron chi connectivity index (χ4n) is 1.72. The van der Waals surface area contributed by atoms with Crippen LogP contribution < -0.4 is 15.8 Å². The van der Waals surface area contributed by atoms with Gasteiger partial charge in [0.25, 0.3) is 0 Å². The van der Waals surface area contributed by atoms with E-state index in [4.69, 9.17) is 10.5 Å². The predicted molar refractivity (Wildman–Crippen MR) is 80.8 cm³/mol. The second-order valence-corrected chi connectivity index (χ2v) is 4.55. The molecule has 0 aliphatic rings. The Morgan fingerprint density at radius 2 is 1.85 bits per heavy atom. The van der Waals surface area contributed by atoms with Gasteiger partial charge < -0.3 is 15.8 Å². The van der Waals surface area contributed by atoms with Crippen LogP contribution in [0.25, 0.3) is 0 Å². The number of amides is 1. The number of ether oxygens (including phenoxy) is 1. The molecule has 4 nitrogen and oxygen atoms in total. The lowest BCUT2D eigenvalue weighted by atomic mass is 10.2. The zero-order chi connectivity index (χ0) is 14.4. The Kier molecular flexibility index (Phi) is 4.60. The minimum atomic E-state index is -0.116. The van der Waals surface area contributed by atoms with Gasteiger partial charge in [-0.2, -0.15) is 0 Å². The monoisotopic (exact) mass is 270 g/mol. The summed E-state index contributed by atoms with van der Waals surface area (Å²) in [6.45, 7) is 2.35. The summed E-state index contributed by atoms with van der Waals surface area (Å²) in [5.74, 6) is 0.651. The van der Waals surface area contributed by atoms with Crippen LogP contribution in [-0.4, -0.2) is 12.5 Å². The van der Waals surface area contributed by atoms with Crippen molar-refractivity contribution in [3.63, 3.8) is 0 Å². The molecule has 0 atom stereocenters. The maximum Gasteiger partial charge on any atom is 0.227 e. The molecule has 0 fully saturated rings. The first-order chi connectivity index (χ1) is 9.65. The van der Waals surface area contributed by atoms with E-state index >= 15 is 0 Å². The minimum absolute atomic E-state index is 0.116. The maximum atomic E-state index is 11.8. The van der Waals surface area contributed by atoms with Crippen molar-refractivity contribution in [3.8, 4) is 5.75 Å². The van der Waals surface area contributed by atoms with Gasteiger partial charge in [0.1, 0.15) is 5.75 Å².